The van der Waals surface area contributed by atoms with Crippen molar-refractivity contribution in [3.8, 4) is 6.07 Å². The number of hydrogen-bond donors (Lipinski definition) is 0. The highest BCUT2D eigenvalue weighted by Crippen LogP contribution is 2.29. The summed E-state index contributed by atoms with van der Waals surface area (Å²) in [7, 11) is 0. The van der Waals surface area contributed by atoms with Gasteiger partial charge in [-0.25, -0.2) is 0 Å². The zero-order valence-corrected chi connectivity index (χ0v) is 7.67. The summed E-state index contributed by atoms with van der Waals surface area (Å²) in [6.07, 6.45) is 2.10. The fourth-order valence-corrected chi connectivity index (χ4v) is 1.81. The molecule has 0 unspecified atom stereocenters. The number of fused-ring (bicyclic) bond motifs is 1. The fraction of sp³-hybridized carbons (Fsp3) is 0.250. The van der Waals surface area contributed by atoms with Crippen LogP contribution in [0, 0.1) is 11.3 Å². The topological polar surface area (TPSA) is 23.8 Å². The highest BCUT2D eigenvalue weighted by atomic mass is 14.3. The molecule has 1 aromatic rings. The Morgan fingerprint density at radius 2 is 2.00 bits per heavy atom. The highest BCUT2D eigenvalue weighted by molar-refractivity contribution is 5.82. The van der Waals surface area contributed by atoms with E-state index in [0.717, 1.165) is 24.0 Å². The fourth-order valence-electron chi connectivity index (χ4n) is 1.81. The van der Waals surface area contributed by atoms with Crippen LogP contribution in [0.25, 0.3) is 5.57 Å². The van der Waals surface area contributed by atoms with Crippen molar-refractivity contribution in [2.24, 2.45) is 0 Å². The quantitative estimate of drug-likeness (QED) is 0.585. The van der Waals surface area contributed by atoms with Gasteiger partial charge in [-0.2, -0.15) is 5.26 Å². The van der Waals surface area contributed by atoms with E-state index in [0.29, 0.717) is 0 Å². The number of hydrogen-bond acceptors (Lipinski definition) is 1. The molecule has 0 atom stereocenters. The van der Waals surface area contributed by atoms with Gasteiger partial charge >= 0.3 is 0 Å². The smallest absolute Gasteiger partial charge is 0.0997 e. The predicted octanol–water partition coefficient (Wildman–Crippen LogP) is 2.93. The summed E-state index contributed by atoms with van der Waals surface area (Å²) >= 11 is 0. The Hall–Kier alpha value is -1.55. The number of nitriles is 1. The third-order valence-electron chi connectivity index (χ3n) is 2.59. The van der Waals surface area contributed by atoms with E-state index in [2.05, 4.69) is 19.1 Å². The molecule has 0 bridgehead atoms. The number of aryl methyl sites for hydroxylation is 1. The molecule has 2 rings (SSSR count). The Morgan fingerprint density at radius 1 is 1.23 bits per heavy atom. The van der Waals surface area contributed by atoms with Crippen molar-refractivity contribution < 1.29 is 0 Å². The van der Waals surface area contributed by atoms with Crippen LogP contribution in [0.2, 0.25) is 0 Å². The van der Waals surface area contributed by atoms with E-state index < -0.39 is 0 Å². The molecule has 1 nitrogen and oxygen atoms in total. The number of allylic oxidation sites excluding steroid dienone is 2. The first-order valence-electron chi connectivity index (χ1n) is 4.51. The molecular weight excluding hydrogens is 158 g/mol. The summed E-state index contributed by atoms with van der Waals surface area (Å²) in [5.41, 5.74) is 4.54. The van der Waals surface area contributed by atoms with Crippen molar-refractivity contribution in [1.29, 1.82) is 5.26 Å². The van der Waals surface area contributed by atoms with Gasteiger partial charge in [0.1, 0.15) is 0 Å². The van der Waals surface area contributed by atoms with Gasteiger partial charge in [0.15, 0.2) is 0 Å². The first-order valence-corrected chi connectivity index (χ1v) is 4.51. The summed E-state index contributed by atoms with van der Waals surface area (Å²) in [6.45, 7) is 2.05. The molecule has 0 amide bonds. The standard InChI is InChI=1S/C12H11N/c1-9-6-7-10-4-2-3-5-11(10)12(9)8-13/h2-5H,6-7H2,1H3. The van der Waals surface area contributed by atoms with E-state index in [9.17, 15) is 0 Å². The lowest BCUT2D eigenvalue weighted by Gasteiger charge is -2.16. The van der Waals surface area contributed by atoms with E-state index >= 15 is 0 Å². The lowest BCUT2D eigenvalue weighted by Crippen LogP contribution is -2.01. The molecule has 1 aromatic carbocycles. The van der Waals surface area contributed by atoms with Crippen molar-refractivity contribution in [3.05, 3.63) is 41.0 Å². The molecule has 0 spiro atoms. The van der Waals surface area contributed by atoms with Crippen LogP contribution in [0.5, 0.6) is 0 Å². The van der Waals surface area contributed by atoms with Gasteiger partial charge in [0.2, 0.25) is 0 Å². The maximum atomic E-state index is 9.00. The molecular formula is C12H11N. The van der Waals surface area contributed by atoms with Gasteiger partial charge in [0, 0.05) is 0 Å². The molecule has 0 aromatic heterocycles. The Kier molecular flexibility index (Phi) is 1.90. The molecule has 0 saturated heterocycles. The summed E-state index contributed by atoms with van der Waals surface area (Å²) in [4.78, 5) is 0. The van der Waals surface area contributed by atoms with Crippen molar-refractivity contribution in [2.75, 3.05) is 0 Å². The molecule has 0 fully saturated rings. The Balaban J connectivity index is 2.63. The van der Waals surface area contributed by atoms with Crippen LogP contribution in [-0.2, 0) is 6.42 Å². The van der Waals surface area contributed by atoms with Crippen LogP contribution in [0.3, 0.4) is 0 Å². The second-order valence-electron chi connectivity index (χ2n) is 3.42. The van der Waals surface area contributed by atoms with E-state index in [4.69, 9.17) is 5.26 Å². The first-order chi connectivity index (χ1) is 6.33. The minimum Gasteiger partial charge on any atom is -0.192 e. The predicted molar refractivity (Wildman–Crippen MR) is 53.0 cm³/mol. The summed E-state index contributed by atoms with van der Waals surface area (Å²) in [5, 5.41) is 9.00. The molecule has 1 heteroatoms. The van der Waals surface area contributed by atoms with Crippen molar-refractivity contribution >= 4 is 5.57 Å². The van der Waals surface area contributed by atoms with Crippen molar-refractivity contribution in [1.82, 2.24) is 0 Å². The second kappa shape index (κ2) is 3.06. The molecule has 0 aliphatic heterocycles. The third kappa shape index (κ3) is 1.25. The third-order valence-corrected chi connectivity index (χ3v) is 2.59. The van der Waals surface area contributed by atoms with Gasteiger partial charge in [-0.15, -0.1) is 0 Å². The van der Waals surface area contributed by atoms with Crippen LogP contribution >= 0.6 is 0 Å². The van der Waals surface area contributed by atoms with Crippen LogP contribution < -0.4 is 0 Å². The molecule has 1 aliphatic carbocycles. The monoisotopic (exact) mass is 169 g/mol. The Labute approximate surface area is 78.3 Å². The highest BCUT2D eigenvalue weighted by Gasteiger charge is 2.14. The van der Waals surface area contributed by atoms with Crippen molar-refractivity contribution in [2.45, 2.75) is 19.8 Å². The normalized spacial score (nSPS) is 15.1. The lowest BCUT2D eigenvalue weighted by atomic mass is 9.87. The van der Waals surface area contributed by atoms with Crippen molar-refractivity contribution in [3.63, 3.8) is 0 Å². The average Bonchev–Trinajstić information content (AvgIpc) is 2.18. The molecule has 64 valence electrons. The van der Waals surface area contributed by atoms with Crippen LogP contribution in [0.4, 0.5) is 0 Å². The van der Waals surface area contributed by atoms with E-state index in [-0.39, 0.29) is 0 Å². The Bertz CT molecular complexity index is 407. The number of benzene rings is 1. The molecule has 0 radical (unpaired) electrons. The summed E-state index contributed by atoms with van der Waals surface area (Å²) in [5.74, 6) is 0. The number of rotatable bonds is 0. The summed E-state index contributed by atoms with van der Waals surface area (Å²) < 4.78 is 0. The molecule has 0 heterocycles. The van der Waals surface area contributed by atoms with Crippen LogP contribution in [-0.4, -0.2) is 0 Å². The van der Waals surface area contributed by atoms with Gasteiger partial charge in [0.25, 0.3) is 0 Å². The SMILES string of the molecule is CC1=C(C#N)c2ccccc2CC1. The average molecular weight is 169 g/mol. The minimum atomic E-state index is 0.877. The molecule has 13 heavy (non-hydrogen) atoms. The van der Waals surface area contributed by atoms with Crippen LogP contribution in [0.1, 0.15) is 24.5 Å². The second-order valence-corrected chi connectivity index (χ2v) is 3.42. The maximum absolute atomic E-state index is 9.00. The zero-order chi connectivity index (χ0) is 9.26. The minimum absolute atomic E-state index is 0.877. The molecule has 0 N–H and O–H groups in total. The Morgan fingerprint density at radius 3 is 2.77 bits per heavy atom. The first kappa shape index (κ1) is 8.07. The largest absolute Gasteiger partial charge is 0.192 e. The van der Waals surface area contributed by atoms with Gasteiger partial charge in [-0.05, 0) is 30.9 Å². The van der Waals surface area contributed by atoms with E-state index in [1.54, 1.807) is 0 Å². The van der Waals surface area contributed by atoms with Gasteiger partial charge in [-0.1, -0.05) is 29.8 Å². The maximum Gasteiger partial charge on any atom is 0.0997 e. The van der Waals surface area contributed by atoms with Gasteiger partial charge in [-0.3, -0.25) is 0 Å². The zero-order valence-electron chi connectivity index (χ0n) is 7.67. The van der Waals surface area contributed by atoms with Gasteiger partial charge in [0.05, 0.1) is 11.6 Å². The van der Waals surface area contributed by atoms with Gasteiger partial charge < -0.3 is 0 Å². The van der Waals surface area contributed by atoms with Crippen LogP contribution in [0.15, 0.2) is 29.8 Å². The lowest BCUT2D eigenvalue weighted by molar-refractivity contribution is 0.921. The summed E-state index contributed by atoms with van der Waals surface area (Å²) in [6, 6.07) is 10.5. The van der Waals surface area contributed by atoms with E-state index in [1.165, 1.54) is 11.1 Å². The molecule has 1 aliphatic rings. The number of nitrogens with zero attached hydrogens (tertiary/aromatic N) is 1. The van der Waals surface area contributed by atoms with E-state index in [1.807, 2.05) is 18.2 Å². The molecule has 0 saturated carbocycles.